The van der Waals surface area contributed by atoms with Gasteiger partial charge in [0.1, 0.15) is 0 Å². The molecule has 0 heterocycles. The Hall–Kier alpha value is -3.90. The van der Waals surface area contributed by atoms with Crippen molar-refractivity contribution in [2.75, 3.05) is 10.6 Å². The fraction of sp³-hybridized carbons (Fsp3) is 0.138. The first-order chi connectivity index (χ1) is 16.8. The van der Waals surface area contributed by atoms with Crippen LogP contribution >= 0.6 is 0 Å². The van der Waals surface area contributed by atoms with Gasteiger partial charge in [-0.1, -0.05) is 90.5 Å². The zero-order valence-electron chi connectivity index (χ0n) is 19.8. The maximum atomic E-state index is 13.2. The first-order valence-electron chi connectivity index (χ1n) is 11.4. The molecular weight excluding hydrogens is 456 g/mol. The Balaban J connectivity index is 1.56. The van der Waals surface area contributed by atoms with Gasteiger partial charge in [0.2, 0.25) is 10.0 Å². The van der Waals surface area contributed by atoms with Gasteiger partial charge >= 0.3 is 0 Å². The zero-order valence-corrected chi connectivity index (χ0v) is 20.6. The van der Waals surface area contributed by atoms with Crippen molar-refractivity contribution in [1.29, 1.82) is 0 Å². The number of rotatable bonds is 8. The number of aryl methyl sites for hydroxylation is 1. The Labute approximate surface area is 207 Å². The number of sulfonamides is 1. The van der Waals surface area contributed by atoms with E-state index in [2.05, 4.69) is 5.32 Å². The Bertz CT molecular complexity index is 1330. The minimum atomic E-state index is -3.52. The van der Waals surface area contributed by atoms with Gasteiger partial charge in [0.25, 0.3) is 5.91 Å². The molecule has 4 rings (SSSR count). The van der Waals surface area contributed by atoms with E-state index in [1.54, 1.807) is 24.3 Å². The molecule has 0 atom stereocenters. The van der Waals surface area contributed by atoms with E-state index < -0.39 is 10.0 Å². The molecule has 0 aliphatic carbocycles. The predicted molar refractivity (Wildman–Crippen MR) is 141 cm³/mol. The van der Waals surface area contributed by atoms with Crippen molar-refractivity contribution in [3.05, 3.63) is 137 Å². The van der Waals surface area contributed by atoms with Gasteiger partial charge in [0.15, 0.2) is 0 Å². The van der Waals surface area contributed by atoms with E-state index in [0.717, 1.165) is 22.3 Å². The van der Waals surface area contributed by atoms with Crippen molar-refractivity contribution in [3.8, 4) is 0 Å². The lowest BCUT2D eigenvalue weighted by atomic mass is 9.98. The smallest absolute Gasteiger partial charge is 0.252 e. The summed E-state index contributed by atoms with van der Waals surface area (Å²) in [5, 5.41) is 3.12. The van der Waals surface area contributed by atoms with Crippen molar-refractivity contribution in [3.63, 3.8) is 0 Å². The van der Waals surface area contributed by atoms with Gasteiger partial charge in [-0.2, -0.15) is 0 Å². The fourth-order valence-electron chi connectivity index (χ4n) is 3.90. The molecule has 35 heavy (non-hydrogen) atoms. The summed E-state index contributed by atoms with van der Waals surface area (Å²) < 4.78 is 26.4. The second kappa shape index (κ2) is 10.6. The maximum absolute atomic E-state index is 13.2. The van der Waals surface area contributed by atoms with E-state index in [4.69, 9.17) is 0 Å². The molecule has 0 aliphatic rings. The molecule has 0 aliphatic heterocycles. The van der Waals surface area contributed by atoms with Crippen LogP contribution in [0.4, 0.5) is 5.69 Å². The lowest BCUT2D eigenvalue weighted by Crippen LogP contribution is -2.30. The van der Waals surface area contributed by atoms with Crippen molar-refractivity contribution in [1.82, 2.24) is 5.32 Å². The summed E-state index contributed by atoms with van der Waals surface area (Å²) in [6.45, 7) is 2.21. The van der Waals surface area contributed by atoms with Crippen molar-refractivity contribution in [2.45, 2.75) is 19.5 Å². The molecular formula is C29H28N2O3S. The molecule has 0 fully saturated rings. The SMILES string of the molecule is Cc1ccc(CN(c2ccc(C(=O)NC(c3ccccc3)c3ccccc3)cc2)S(C)(=O)=O)cc1. The topological polar surface area (TPSA) is 66.5 Å². The number of nitrogens with zero attached hydrogens (tertiary/aromatic N) is 1. The van der Waals surface area contributed by atoms with E-state index in [1.165, 1.54) is 10.6 Å². The maximum Gasteiger partial charge on any atom is 0.252 e. The first kappa shape index (κ1) is 24.2. The Morgan fingerprint density at radius 1 is 0.771 bits per heavy atom. The van der Waals surface area contributed by atoms with Crippen LogP contribution in [0.3, 0.4) is 0 Å². The first-order valence-corrected chi connectivity index (χ1v) is 13.2. The highest BCUT2D eigenvalue weighted by Gasteiger charge is 2.20. The number of amides is 1. The normalized spacial score (nSPS) is 11.3. The summed E-state index contributed by atoms with van der Waals surface area (Å²) in [7, 11) is -3.52. The molecule has 5 nitrogen and oxygen atoms in total. The van der Waals surface area contributed by atoms with Crippen molar-refractivity contribution in [2.24, 2.45) is 0 Å². The lowest BCUT2D eigenvalue weighted by molar-refractivity contribution is 0.0943. The Morgan fingerprint density at radius 3 is 1.77 bits per heavy atom. The highest BCUT2D eigenvalue weighted by molar-refractivity contribution is 7.92. The highest BCUT2D eigenvalue weighted by atomic mass is 32.2. The molecule has 1 N–H and O–H groups in total. The summed E-state index contributed by atoms with van der Waals surface area (Å²) in [5.41, 5.74) is 4.91. The average molecular weight is 485 g/mol. The van der Waals surface area contributed by atoms with Crippen LogP contribution in [0.25, 0.3) is 0 Å². The largest absolute Gasteiger partial charge is 0.341 e. The highest BCUT2D eigenvalue weighted by Crippen LogP contribution is 2.24. The van der Waals surface area contributed by atoms with Gasteiger partial charge in [-0.05, 0) is 47.9 Å². The van der Waals surface area contributed by atoms with E-state index in [9.17, 15) is 13.2 Å². The molecule has 178 valence electrons. The van der Waals surface area contributed by atoms with Crippen LogP contribution in [-0.4, -0.2) is 20.6 Å². The summed E-state index contributed by atoms with van der Waals surface area (Å²) >= 11 is 0. The van der Waals surface area contributed by atoms with Gasteiger partial charge in [-0.3, -0.25) is 9.10 Å². The standard InChI is InChI=1S/C29H28N2O3S/c1-22-13-15-23(16-14-22)21-31(35(2,33)34)27-19-17-26(18-20-27)29(32)30-28(24-9-5-3-6-10-24)25-11-7-4-8-12-25/h3-20,28H,21H2,1-2H3,(H,30,32). The minimum absolute atomic E-state index is 0.217. The van der Waals surface area contributed by atoms with Gasteiger partial charge < -0.3 is 5.32 Å². The summed E-state index contributed by atoms with van der Waals surface area (Å²) in [6, 6.07) is 33.7. The minimum Gasteiger partial charge on any atom is -0.341 e. The van der Waals surface area contributed by atoms with Gasteiger partial charge in [0.05, 0.1) is 24.5 Å². The zero-order chi connectivity index (χ0) is 24.8. The third-order valence-corrected chi connectivity index (χ3v) is 6.95. The monoisotopic (exact) mass is 484 g/mol. The molecule has 0 aromatic heterocycles. The molecule has 0 bridgehead atoms. The number of anilines is 1. The molecule has 4 aromatic rings. The number of hydrogen-bond donors (Lipinski definition) is 1. The average Bonchev–Trinajstić information content (AvgIpc) is 2.87. The number of carbonyl (C=O) groups is 1. The third-order valence-electron chi connectivity index (χ3n) is 5.81. The number of benzene rings is 4. The van der Waals surface area contributed by atoms with Crippen LogP contribution < -0.4 is 9.62 Å². The predicted octanol–water partition coefficient (Wildman–Crippen LogP) is 5.48. The summed E-state index contributed by atoms with van der Waals surface area (Å²) in [4.78, 5) is 13.2. The van der Waals surface area contributed by atoms with Gasteiger partial charge in [-0.15, -0.1) is 0 Å². The van der Waals surface area contributed by atoms with Crippen molar-refractivity contribution < 1.29 is 13.2 Å². The van der Waals surface area contributed by atoms with Crippen LogP contribution in [0.2, 0.25) is 0 Å². The van der Waals surface area contributed by atoms with E-state index in [1.807, 2.05) is 91.9 Å². The number of carbonyl (C=O) groups excluding carboxylic acids is 1. The van der Waals surface area contributed by atoms with E-state index in [0.29, 0.717) is 11.3 Å². The number of nitrogens with one attached hydrogen (secondary N) is 1. The van der Waals surface area contributed by atoms with E-state index >= 15 is 0 Å². The van der Waals surface area contributed by atoms with Crippen LogP contribution in [0.15, 0.2) is 109 Å². The van der Waals surface area contributed by atoms with E-state index in [-0.39, 0.29) is 18.5 Å². The second-order valence-electron chi connectivity index (χ2n) is 8.53. The second-order valence-corrected chi connectivity index (χ2v) is 10.4. The molecule has 6 heteroatoms. The van der Waals surface area contributed by atoms with Crippen LogP contribution in [0.5, 0.6) is 0 Å². The number of hydrogen-bond acceptors (Lipinski definition) is 3. The van der Waals surface area contributed by atoms with Crippen LogP contribution in [0, 0.1) is 6.92 Å². The molecule has 0 radical (unpaired) electrons. The van der Waals surface area contributed by atoms with Crippen LogP contribution in [-0.2, 0) is 16.6 Å². The lowest BCUT2D eigenvalue weighted by Gasteiger charge is -2.23. The van der Waals surface area contributed by atoms with Gasteiger partial charge in [-0.25, -0.2) is 8.42 Å². The Kier molecular flexibility index (Phi) is 7.32. The quantitative estimate of drug-likeness (QED) is 0.360. The van der Waals surface area contributed by atoms with Crippen LogP contribution in [0.1, 0.15) is 38.7 Å². The molecule has 0 unspecified atom stereocenters. The molecule has 0 spiro atoms. The molecule has 0 saturated carbocycles. The summed E-state index contributed by atoms with van der Waals surface area (Å²) in [6.07, 6.45) is 1.19. The molecule has 4 aromatic carbocycles. The van der Waals surface area contributed by atoms with Crippen molar-refractivity contribution >= 4 is 21.6 Å². The summed E-state index contributed by atoms with van der Waals surface area (Å²) in [5.74, 6) is -0.237. The fourth-order valence-corrected chi connectivity index (χ4v) is 4.79. The Morgan fingerprint density at radius 2 is 1.29 bits per heavy atom. The molecule has 0 saturated heterocycles. The molecule has 1 amide bonds. The van der Waals surface area contributed by atoms with Gasteiger partial charge in [0, 0.05) is 5.56 Å². The third kappa shape index (κ3) is 6.16.